The molecule has 0 radical (unpaired) electrons. The van der Waals surface area contributed by atoms with E-state index in [1.807, 2.05) is 0 Å². The normalized spacial score (nSPS) is 11.7. The van der Waals surface area contributed by atoms with E-state index in [4.69, 9.17) is 9.47 Å². The maximum Gasteiger partial charge on any atom is 0.341 e. The Bertz CT molecular complexity index is 588. The second kappa shape index (κ2) is 6.36. The average molecular weight is 323 g/mol. The van der Waals surface area contributed by atoms with E-state index in [0.29, 0.717) is 12.6 Å². The zero-order chi connectivity index (χ0) is 18.0. The molecule has 0 unspecified atom stereocenters. The van der Waals surface area contributed by atoms with Gasteiger partial charge in [0.25, 0.3) is 0 Å². The summed E-state index contributed by atoms with van der Waals surface area (Å²) in [6.45, 7) is 9.87. The van der Waals surface area contributed by atoms with Crippen molar-refractivity contribution in [3.8, 4) is 0 Å². The highest BCUT2D eigenvalue weighted by Crippen LogP contribution is 2.24. The van der Waals surface area contributed by atoms with Crippen LogP contribution < -0.4 is 0 Å². The number of carbonyl (C=O) groups excluding carboxylic acids is 4. The molecule has 0 aromatic carbocycles. The summed E-state index contributed by atoms with van der Waals surface area (Å²) < 4.78 is 10.4. The van der Waals surface area contributed by atoms with Crippen LogP contribution in [0.3, 0.4) is 0 Å². The molecule has 0 atom stereocenters. The van der Waals surface area contributed by atoms with Gasteiger partial charge in [-0.25, -0.2) is 9.59 Å². The van der Waals surface area contributed by atoms with Gasteiger partial charge < -0.3 is 14.5 Å². The summed E-state index contributed by atoms with van der Waals surface area (Å²) in [5.41, 5.74) is -2.68. The van der Waals surface area contributed by atoms with E-state index in [2.05, 4.69) is 4.98 Å². The summed E-state index contributed by atoms with van der Waals surface area (Å²) in [6, 6.07) is 0. The molecule has 0 bridgehead atoms. The molecule has 0 spiro atoms. The first kappa shape index (κ1) is 18.6. The van der Waals surface area contributed by atoms with Crippen LogP contribution in [-0.2, 0) is 9.47 Å². The Morgan fingerprint density at radius 3 is 1.30 bits per heavy atom. The fourth-order valence-corrected chi connectivity index (χ4v) is 1.80. The fraction of sp³-hybridized carbons (Fsp3) is 0.500. The van der Waals surface area contributed by atoms with Gasteiger partial charge in [0.2, 0.25) is 0 Å². The summed E-state index contributed by atoms with van der Waals surface area (Å²) in [5, 5.41) is 0. The van der Waals surface area contributed by atoms with Crippen molar-refractivity contribution in [3.63, 3.8) is 0 Å². The van der Waals surface area contributed by atoms with Gasteiger partial charge in [0, 0.05) is 0 Å². The van der Waals surface area contributed by atoms with Gasteiger partial charge >= 0.3 is 11.9 Å². The van der Waals surface area contributed by atoms with Crippen LogP contribution in [0.1, 0.15) is 83.2 Å². The second-order valence-electron chi connectivity index (χ2n) is 6.94. The number of rotatable bonds is 4. The fourth-order valence-electron chi connectivity index (χ4n) is 1.80. The molecule has 1 rings (SSSR count). The van der Waals surface area contributed by atoms with Gasteiger partial charge in [-0.3, -0.25) is 9.59 Å². The predicted molar refractivity (Wildman–Crippen MR) is 81.9 cm³/mol. The van der Waals surface area contributed by atoms with E-state index in [-0.39, 0.29) is 22.5 Å². The van der Waals surface area contributed by atoms with Crippen LogP contribution in [0.15, 0.2) is 0 Å². The first-order chi connectivity index (χ1) is 10.4. The summed E-state index contributed by atoms with van der Waals surface area (Å²) in [7, 11) is 0. The minimum atomic E-state index is -0.884. The third-order valence-corrected chi connectivity index (χ3v) is 2.50. The first-order valence-electron chi connectivity index (χ1n) is 7.02. The molecule has 0 aliphatic heterocycles. The minimum absolute atomic E-state index is 0.206. The smallest absolute Gasteiger partial charge is 0.341 e. The molecule has 7 nitrogen and oxygen atoms in total. The maximum atomic E-state index is 12.3. The first-order valence-corrected chi connectivity index (χ1v) is 7.02. The Balaban J connectivity index is 3.45. The van der Waals surface area contributed by atoms with Crippen molar-refractivity contribution < 1.29 is 28.7 Å². The van der Waals surface area contributed by atoms with Crippen molar-refractivity contribution in [1.82, 2.24) is 4.98 Å². The zero-order valence-electron chi connectivity index (χ0n) is 14.1. The molecule has 23 heavy (non-hydrogen) atoms. The molecule has 7 heteroatoms. The molecule has 0 aliphatic rings. The van der Waals surface area contributed by atoms with E-state index >= 15 is 0 Å². The summed E-state index contributed by atoms with van der Waals surface area (Å²) in [4.78, 5) is 49.5. The summed E-state index contributed by atoms with van der Waals surface area (Å²) in [5.74, 6) is -1.77. The highest BCUT2D eigenvalue weighted by atomic mass is 16.6. The number of aromatic amines is 1. The SMILES string of the molecule is CC(C)(C)OC(=O)c1c(C=O)[nH]c(C=O)c1C(=O)OC(C)(C)C. The quantitative estimate of drug-likeness (QED) is 0.674. The lowest BCUT2D eigenvalue weighted by Crippen LogP contribution is -2.28. The number of aldehydes is 2. The van der Waals surface area contributed by atoms with E-state index in [9.17, 15) is 19.2 Å². The Kier molecular flexibility index (Phi) is 5.14. The monoisotopic (exact) mass is 323 g/mol. The van der Waals surface area contributed by atoms with Crippen LogP contribution in [-0.4, -0.2) is 40.7 Å². The zero-order valence-corrected chi connectivity index (χ0v) is 14.1. The Morgan fingerprint density at radius 2 is 1.09 bits per heavy atom. The maximum absolute atomic E-state index is 12.3. The Hall–Kier alpha value is -2.44. The molecule has 0 amide bonds. The number of carbonyl (C=O) groups is 4. The van der Waals surface area contributed by atoms with Gasteiger partial charge in [-0.2, -0.15) is 0 Å². The van der Waals surface area contributed by atoms with Crippen LogP contribution >= 0.6 is 0 Å². The number of hydrogen-bond donors (Lipinski definition) is 1. The van der Waals surface area contributed by atoms with Crippen LogP contribution in [0.5, 0.6) is 0 Å². The molecule has 126 valence electrons. The summed E-state index contributed by atoms with van der Waals surface area (Å²) in [6.07, 6.45) is 0.695. The molecule has 0 saturated heterocycles. The Labute approximate surface area is 134 Å². The van der Waals surface area contributed by atoms with Gasteiger partial charge in [-0.05, 0) is 41.5 Å². The van der Waals surface area contributed by atoms with Crippen LogP contribution in [0.4, 0.5) is 0 Å². The van der Waals surface area contributed by atoms with E-state index in [1.54, 1.807) is 41.5 Å². The van der Waals surface area contributed by atoms with Crippen molar-refractivity contribution >= 4 is 24.5 Å². The molecule has 0 aliphatic carbocycles. The lowest BCUT2D eigenvalue weighted by atomic mass is 10.1. The van der Waals surface area contributed by atoms with Gasteiger partial charge in [0.1, 0.15) is 22.3 Å². The van der Waals surface area contributed by atoms with Crippen LogP contribution in [0.25, 0.3) is 0 Å². The van der Waals surface area contributed by atoms with Crippen LogP contribution in [0, 0.1) is 0 Å². The predicted octanol–water partition coefficient (Wildman–Crippen LogP) is 2.55. The molecule has 0 fully saturated rings. The minimum Gasteiger partial charge on any atom is -0.456 e. The molecule has 0 saturated carbocycles. The number of aromatic nitrogens is 1. The topological polar surface area (TPSA) is 103 Å². The largest absolute Gasteiger partial charge is 0.456 e. The van der Waals surface area contributed by atoms with Gasteiger partial charge in [0.15, 0.2) is 12.6 Å². The molecule has 1 heterocycles. The highest BCUT2D eigenvalue weighted by Gasteiger charge is 2.33. The van der Waals surface area contributed by atoms with Crippen molar-refractivity contribution in [3.05, 3.63) is 22.5 Å². The number of H-pyrrole nitrogens is 1. The van der Waals surface area contributed by atoms with Crippen LogP contribution in [0.2, 0.25) is 0 Å². The van der Waals surface area contributed by atoms with E-state index in [0.717, 1.165) is 0 Å². The molecular formula is C16H21NO6. The number of nitrogens with one attached hydrogen (secondary N) is 1. The lowest BCUT2D eigenvalue weighted by Gasteiger charge is -2.21. The molecular weight excluding hydrogens is 302 g/mol. The van der Waals surface area contributed by atoms with Crippen molar-refractivity contribution in [2.45, 2.75) is 52.7 Å². The number of esters is 2. The number of ether oxygens (including phenoxy) is 2. The molecule has 1 N–H and O–H groups in total. The van der Waals surface area contributed by atoms with Crippen molar-refractivity contribution in [1.29, 1.82) is 0 Å². The van der Waals surface area contributed by atoms with Gasteiger partial charge in [0.05, 0.1) is 11.4 Å². The van der Waals surface area contributed by atoms with Gasteiger partial charge in [-0.1, -0.05) is 0 Å². The second-order valence-corrected chi connectivity index (χ2v) is 6.94. The average Bonchev–Trinajstić information content (AvgIpc) is 2.73. The molecule has 1 aromatic heterocycles. The van der Waals surface area contributed by atoms with E-state index in [1.165, 1.54) is 0 Å². The van der Waals surface area contributed by atoms with Crippen molar-refractivity contribution in [2.75, 3.05) is 0 Å². The van der Waals surface area contributed by atoms with Gasteiger partial charge in [-0.15, -0.1) is 0 Å². The third-order valence-electron chi connectivity index (χ3n) is 2.50. The standard InChI is InChI=1S/C16H21NO6/c1-15(2,3)22-13(20)11-9(7-18)17-10(8-19)12(11)14(21)23-16(4,5)6/h7-8,17H,1-6H3. The molecule has 1 aromatic rings. The third kappa shape index (κ3) is 4.77. The Morgan fingerprint density at radius 1 is 0.783 bits per heavy atom. The lowest BCUT2D eigenvalue weighted by molar-refractivity contribution is 0.00190. The summed E-state index contributed by atoms with van der Waals surface area (Å²) >= 11 is 0. The van der Waals surface area contributed by atoms with E-state index < -0.39 is 23.1 Å². The van der Waals surface area contributed by atoms with Crippen molar-refractivity contribution in [2.24, 2.45) is 0 Å². The highest BCUT2D eigenvalue weighted by molar-refractivity contribution is 6.11. The number of hydrogen-bond acceptors (Lipinski definition) is 6.